The molecule has 0 radical (unpaired) electrons. The van der Waals surface area contributed by atoms with E-state index >= 15 is 0 Å². The first-order valence-corrected chi connectivity index (χ1v) is 20.9. The van der Waals surface area contributed by atoms with Crippen molar-refractivity contribution in [1.82, 2.24) is 0 Å². The Morgan fingerprint density at radius 2 is 0.881 bits per heavy atom. The van der Waals surface area contributed by atoms with E-state index in [1.54, 1.807) is 0 Å². The van der Waals surface area contributed by atoms with Crippen LogP contribution in [0.25, 0.3) is 97.0 Å². The lowest BCUT2D eigenvalue weighted by Gasteiger charge is -2.29. The molecule has 0 aliphatic rings. The summed E-state index contributed by atoms with van der Waals surface area (Å²) < 4.78 is 9.48. The standard InChI is InChI=1S/C56H35NOS/c1-3-14-36(15-4-1)37-28-30-40(31-29-37)43-34-35-49(53-47-21-9-10-27-51(47)58-54(43)53)57(48-25-11-19-41-33-32-39-18-7-8-20-42(39)52(41)48)50-26-13-24-46-45-23-12-22-44(55(45)59-56(46)50)38-16-5-2-6-17-38/h1-35H. The molecule has 276 valence electrons. The highest BCUT2D eigenvalue weighted by Gasteiger charge is 2.26. The molecule has 2 aromatic heterocycles. The van der Waals surface area contributed by atoms with Gasteiger partial charge in [-0.1, -0.05) is 182 Å². The summed E-state index contributed by atoms with van der Waals surface area (Å²) in [6.07, 6.45) is 0. The lowest BCUT2D eigenvalue weighted by molar-refractivity contribution is 0.670. The monoisotopic (exact) mass is 769 g/mol. The summed E-state index contributed by atoms with van der Waals surface area (Å²) in [6, 6.07) is 76.8. The Kier molecular flexibility index (Phi) is 7.75. The molecule has 59 heavy (non-hydrogen) atoms. The minimum atomic E-state index is 0.869. The summed E-state index contributed by atoms with van der Waals surface area (Å²) in [5, 5.41) is 9.55. The largest absolute Gasteiger partial charge is 0.455 e. The van der Waals surface area contributed by atoms with Gasteiger partial charge in [0, 0.05) is 31.8 Å². The Bertz CT molecular complexity index is 3550. The molecule has 0 unspecified atom stereocenters. The molecule has 3 heteroatoms. The molecule has 12 aromatic rings. The maximum atomic E-state index is 6.95. The first kappa shape index (κ1) is 33.7. The average Bonchev–Trinajstić information content (AvgIpc) is 3.90. The van der Waals surface area contributed by atoms with Gasteiger partial charge in [0.1, 0.15) is 11.2 Å². The number of fused-ring (bicyclic) bond motifs is 9. The first-order chi connectivity index (χ1) is 29.3. The van der Waals surface area contributed by atoms with Gasteiger partial charge < -0.3 is 9.32 Å². The van der Waals surface area contributed by atoms with Crippen LogP contribution in [0.15, 0.2) is 217 Å². The molecule has 0 fully saturated rings. The number of nitrogens with zero attached hydrogens (tertiary/aromatic N) is 1. The number of benzene rings is 10. The van der Waals surface area contributed by atoms with Crippen LogP contribution >= 0.6 is 11.3 Å². The second kappa shape index (κ2) is 13.6. The highest BCUT2D eigenvalue weighted by Crippen LogP contribution is 2.52. The Hall–Kier alpha value is -7.46. The minimum Gasteiger partial charge on any atom is -0.455 e. The predicted molar refractivity (Wildman–Crippen MR) is 253 cm³/mol. The zero-order chi connectivity index (χ0) is 38.9. The lowest BCUT2D eigenvalue weighted by atomic mass is 9.96. The van der Waals surface area contributed by atoms with Crippen LogP contribution in [0.3, 0.4) is 0 Å². The summed E-state index contributed by atoms with van der Waals surface area (Å²) >= 11 is 1.88. The van der Waals surface area contributed by atoms with Gasteiger partial charge in [0.15, 0.2) is 0 Å². The van der Waals surface area contributed by atoms with Gasteiger partial charge >= 0.3 is 0 Å². The van der Waals surface area contributed by atoms with Crippen molar-refractivity contribution in [3.8, 4) is 33.4 Å². The van der Waals surface area contributed by atoms with Crippen LogP contribution in [-0.4, -0.2) is 0 Å². The lowest BCUT2D eigenvalue weighted by Crippen LogP contribution is -2.11. The van der Waals surface area contributed by atoms with Crippen LogP contribution in [-0.2, 0) is 0 Å². The van der Waals surface area contributed by atoms with Crippen LogP contribution in [0.2, 0.25) is 0 Å². The van der Waals surface area contributed by atoms with Gasteiger partial charge in [-0.2, -0.15) is 0 Å². The number of rotatable bonds is 6. The molecular weight excluding hydrogens is 735 g/mol. The van der Waals surface area contributed by atoms with Gasteiger partial charge in [-0.25, -0.2) is 0 Å². The Morgan fingerprint density at radius 3 is 1.71 bits per heavy atom. The van der Waals surface area contributed by atoms with E-state index in [2.05, 4.69) is 217 Å². The van der Waals surface area contributed by atoms with E-state index in [9.17, 15) is 0 Å². The molecule has 0 amide bonds. The summed E-state index contributed by atoms with van der Waals surface area (Å²) in [5.41, 5.74) is 12.1. The Morgan fingerprint density at radius 1 is 0.322 bits per heavy atom. The van der Waals surface area contributed by atoms with Crippen molar-refractivity contribution in [1.29, 1.82) is 0 Å². The van der Waals surface area contributed by atoms with Gasteiger partial charge in [0.2, 0.25) is 0 Å². The van der Waals surface area contributed by atoms with Gasteiger partial charge in [0.05, 0.1) is 27.1 Å². The molecule has 0 saturated carbocycles. The fourth-order valence-electron chi connectivity index (χ4n) is 9.14. The highest BCUT2D eigenvalue weighted by atomic mass is 32.1. The molecule has 2 nitrogen and oxygen atoms in total. The molecule has 10 aromatic carbocycles. The maximum Gasteiger partial charge on any atom is 0.145 e. The quantitative estimate of drug-likeness (QED) is 0.157. The van der Waals surface area contributed by atoms with E-state index in [1.165, 1.54) is 64.0 Å². The molecule has 0 N–H and O–H groups in total. The molecule has 0 spiro atoms. The van der Waals surface area contributed by atoms with Gasteiger partial charge in [-0.05, 0) is 74.3 Å². The molecule has 12 rings (SSSR count). The third-order valence-electron chi connectivity index (χ3n) is 11.9. The van der Waals surface area contributed by atoms with Crippen molar-refractivity contribution >= 4 is 92.1 Å². The second-order valence-electron chi connectivity index (χ2n) is 15.2. The van der Waals surface area contributed by atoms with E-state index in [0.29, 0.717) is 0 Å². The summed E-state index contributed by atoms with van der Waals surface area (Å²) in [7, 11) is 0. The third kappa shape index (κ3) is 5.40. The molecule has 0 aliphatic heterocycles. The smallest absolute Gasteiger partial charge is 0.145 e. The SMILES string of the molecule is c1ccc(-c2ccc(-c3ccc(N(c4cccc5c4sc4c(-c6ccccc6)cccc45)c4cccc5ccc6ccccc6c45)c4c3oc3ccccc34)cc2)cc1. The minimum absolute atomic E-state index is 0.869. The normalized spacial score (nSPS) is 11.7. The predicted octanol–water partition coefficient (Wildman–Crippen LogP) is 16.7. The van der Waals surface area contributed by atoms with E-state index in [1.807, 2.05) is 11.3 Å². The Balaban J connectivity index is 1.17. The highest BCUT2D eigenvalue weighted by molar-refractivity contribution is 7.27. The van der Waals surface area contributed by atoms with Crippen molar-refractivity contribution in [2.75, 3.05) is 4.90 Å². The molecule has 2 heterocycles. The van der Waals surface area contributed by atoms with Crippen molar-refractivity contribution < 1.29 is 4.42 Å². The van der Waals surface area contributed by atoms with Crippen molar-refractivity contribution in [3.05, 3.63) is 212 Å². The molecular formula is C56H35NOS. The second-order valence-corrected chi connectivity index (χ2v) is 16.2. The fraction of sp³-hybridized carbons (Fsp3) is 0. The molecule has 0 aliphatic carbocycles. The van der Waals surface area contributed by atoms with Gasteiger partial charge in [-0.3, -0.25) is 0 Å². The maximum absolute atomic E-state index is 6.95. The zero-order valence-corrected chi connectivity index (χ0v) is 32.8. The van der Waals surface area contributed by atoms with Gasteiger partial charge in [0.25, 0.3) is 0 Å². The van der Waals surface area contributed by atoms with Crippen LogP contribution in [0, 0.1) is 0 Å². The zero-order valence-electron chi connectivity index (χ0n) is 32.0. The van der Waals surface area contributed by atoms with Crippen LogP contribution in [0.4, 0.5) is 17.1 Å². The topological polar surface area (TPSA) is 16.4 Å². The number of para-hydroxylation sites is 1. The van der Waals surface area contributed by atoms with Crippen molar-refractivity contribution in [2.45, 2.75) is 0 Å². The van der Waals surface area contributed by atoms with Crippen molar-refractivity contribution in [2.24, 2.45) is 0 Å². The van der Waals surface area contributed by atoms with Gasteiger partial charge in [-0.15, -0.1) is 11.3 Å². The molecule has 0 atom stereocenters. The summed E-state index contributed by atoms with van der Waals surface area (Å²) in [5.74, 6) is 0. The van der Waals surface area contributed by atoms with E-state index < -0.39 is 0 Å². The van der Waals surface area contributed by atoms with E-state index in [-0.39, 0.29) is 0 Å². The number of furan rings is 1. The summed E-state index contributed by atoms with van der Waals surface area (Å²) in [4.78, 5) is 2.52. The summed E-state index contributed by atoms with van der Waals surface area (Å²) in [6.45, 7) is 0. The number of thiophene rings is 1. The van der Waals surface area contributed by atoms with E-state index in [4.69, 9.17) is 4.42 Å². The van der Waals surface area contributed by atoms with Crippen LogP contribution < -0.4 is 4.90 Å². The fourth-order valence-corrected chi connectivity index (χ4v) is 10.5. The number of hydrogen-bond donors (Lipinski definition) is 0. The average molecular weight is 770 g/mol. The first-order valence-electron chi connectivity index (χ1n) is 20.1. The molecule has 0 saturated heterocycles. The van der Waals surface area contributed by atoms with E-state index in [0.717, 1.165) is 50.1 Å². The Labute approximate surface area is 345 Å². The number of anilines is 3. The van der Waals surface area contributed by atoms with Crippen LogP contribution in [0.1, 0.15) is 0 Å². The van der Waals surface area contributed by atoms with Crippen LogP contribution in [0.5, 0.6) is 0 Å². The number of hydrogen-bond acceptors (Lipinski definition) is 3. The van der Waals surface area contributed by atoms with Crippen molar-refractivity contribution in [3.63, 3.8) is 0 Å². The molecule has 0 bridgehead atoms. The third-order valence-corrected chi connectivity index (χ3v) is 13.1.